The van der Waals surface area contributed by atoms with Crippen LogP contribution in [0.15, 0.2) is 0 Å². The van der Waals surface area contributed by atoms with Gasteiger partial charge in [0.1, 0.15) is 0 Å². The van der Waals surface area contributed by atoms with Crippen molar-refractivity contribution < 1.29 is 4.74 Å². The molecule has 2 atom stereocenters. The normalized spacial score (nSPS) is 20.2. The third kappa shape index (κ3) is 9.69. The minimum atomic E-state index is -2.08. The van der Waals surface area contributed by atoms with Crippen LogP contribution in [0.3, 0.4) is 0 Å². The summed E-state index contributed by atoms with van der Waals surface area (Å²) in [7, 11) is 0. The third-order valence-electron chi connectivity index (χ3n) is 6.14. The molecule has 0 aliphatic carbocycles. The summed E-state index contributed by atoms with van der Waals surface area (Å²) in [4.78, 5) is 0. The predicted octanol–water partition coefficient (Wildman–Crippen LogP) is 8.11. The van der Waals surface area contributed by atoms with Gasteiger partial charge in [-0.2, -0.15) is 0 Å². The molecular weight excluding hydrogens is 434 g/mol. The van der Waals surface area contributed by atoms with Gasteiger partial charge in [-0.1, -0.05) is 0 Å². The zero-order valence-corrected chi connectivity index (χ0v) is 21.1. The van der Waals surface area contributed by atoms with Gasteiger partial charge in [-0.05, 0) is 0 Å². The van der Waals surface area contributed by atoms with Crippen molar-refractivity contribution in [2.45, 2.75) is 128 Å². The van der Waals surface area contributed by atoms with Crippen LogP contribution in [-0.2, 0) is 4.74 Å². The zero-order chi connectivity index (χ0) is 18.4. The molecule has 0 aromatic carbocycles. The standard InChI is InChI=1S/C10H18ClO.3C4H9.Sn/c11-8-6-4-2-1-3-5-7-10-9-12-10;3*1-3-4-2;/h9-10H,1-8H2;3*1,3-4H2,2H3;/t10-;;;;/m0..../s1. The Hall–Kier alpha value is 1.05. The van der Waals surface area contributed by atoms with E-state index in [1.807, 2.05) is 0 Å². The van der Waals surface area contributed by atoms with Crippen molar-refractivity contribution in [1.82, 2.24) is 0 Å². The van der Waals surface area contributed by atoms with E-state index >= 15 is 0 Å². The van der Waals surface area contributed by atoms with Gasteiger partial charge in [-0.3, -0.25) is 0 Å². The van der Waals surface area contributed by atoms with Crippen molar-refractivity contribution >= 4 is 30.0 Å². The molecule has 0 saturated carbocycles. The van der Waals surface area contributed by atoms with Crippen LogP contribution < -0.4 is 0 Å². The summed E-state index contributed by atoms with van der Waals surface area (Å²) in [5.41, 5.74) is 0. The Kier molecular flexibility index (Phi) is 14.5. The molecule has 1 aliphatic heterocycles. The first-order valence-corrected chi connectivity index (χ1v) is 19.7. The Morgan fingerprint density at radius 2 is 1.16 bits per heavy atom. The van der Waals surface area contributed by atoms with Crippen molar-refractivity contribution in [3.63, 3.8) is 0 Å². The van der Waals surface area contributed by atoms with Crippen molar-refractivity contribution in [2.75, 3.05) is 5.88 Å². The van der Waals surface area contributed by atoms with E-state index in [0.717, 1.165) is 10.00 Å². The SMILES string of the molecule is CCC[CH2][Sn]([CH2]CCC)([CH2]CCC)[C@@H]1O[C@H]1CCCCCCCCCl. The van der Waals surface area contributed by atoms with Crippen molar-refractivity contribution in [3.8, 4) is 0 Å². The van der Waals surface area contributed by atoms with E-state index in [0.29, 0.717) is 6.10 Å². The molecule has 3 heteroatoms. The van der Waals surface area contributed by atoms with Gasteiger partial charge in [0.2, 0.25) is 0 Å². The second-order valence-corrected chi connectivity index (χ2v) is 22.4. The molecule has 0 bridgehead atoms. The average molecular weight is 480 g/mol. The number of unbranched alkanes of at least 4 members (excludes halogenated alkanes) is 8. The molecule has 0 radical (unpaired) electrons. The quantitative estimate of drug-likeness (QED) is 0.0837. The van der Waals surface area contributed by atoms with Gasteiger partial charge in [0.25, 0.3) is 0 Å². The number of rotatable bonds is 18. The number of epoxide rings is 1. The average Bonchev–Trinajstić information content (AvgIpc) is 3.41. The van der Waals surface area contributed by atoms with Crippen LogP contribution in [0.4, 0.5) is 0 Å². The van der Waals surface area contributed by atoms with Crippen molar-refractivity contribution in [1.29, 1.82) is 0 Å². The molecule has 150 valence electrons. The first-order valence-electron chi connectivity index (χ1n) is 11.5. The van der Waals surface area contributed by atoms with E-state index in [1.165, 1.54) is 83.5 Å². The van der Waals surface area contributed by atoms with Gasteiger partial charge >= 0.3 is 168 Å². The second-order valence-electron chi connectivity index (χ2n) is 8.37. The summed E-state index contributed by atoms with van der Waals surface area (Å²) in [6.07, 6.45) is 18.6. The Balaban J connectivity index is 2.39. The van der Waals surface area contributed by atoms with Crippen LogP contribution in [0, 0.1) is 0 Å². The van der Waals surface area contributed by atoms with Gasteiger partial charge < -0.3 is 0 Å². The Bertz CT molecular complexity index is 289. The summed E-state index contributed by atoms with van der Waals surface area (Å²) in [6.45, 7) is 7.10. The van der Waals surface area contributed by atoms with Crippen molar-refractivity contribution in [2.24, 2.45) is 0 Å². The number of alkyl halides is 1. The number of hydrogen-bond donors (Lipinski definition) is 0. The van der Waals surface area contributed by atoms with Gasteiger partial charge in [-0.15, -0.1) is 0 Å². The van der Waals surface area contributed by atoms with Crippen molar-refractivity contribution in [3.05, 3.63) is 0 Å². The molecule has 1 saturated heterocycles. The molecule has 1 nitrogen and oxygen atoms in total. The number of hydrogen-bond acceptors (Lipinski definition) is 1. The monoisotopic (exact) mass is 480 g/mol. The van der Waals surface area contributed by atoms with Crippen LogP contribution in [0.25, 0.3) is 0 Å². The molecule has 1 rings (SSSR count). The van der Waals surface area contributed by atoms with Crippen LogP contribution in [0.2, 0.25) is 13.3 Å². The molecule has 1 aliphatic rings. The first-order chi connectivity index (χ1) is 12.2. The molecule has 0 spiro atoms. The van der Waals surface area contributed by atoms with Crippen LogP contribution in [0.5, 0.6) is 0 Å². The number of ether oxygens (including phenoxy) is 1. The van der Waals surface area contributed by atoms with E-state index in [-0.39, 0.29) is 0 Å². The van der Waals surface area contributed by atoms with Crippen LogP contribution in [0.1, 0.15) is 104 Å². The van der Waals surface area contributed by atoms with Gasteiger partial charge in [0.15, 0.2) is 0 Å². The molecule has 0 N–H and O–H groups in total. The molecular formula is C22H45ClOSn. The maximum absolute atomic E-state index is 6.39. The van der Waals surface area contributed by atoms with E-state index in [9.17, 15) is 0 Å². The molecule has 0 unspecified atom stereocenters. The van der Waals surface area contributed by atoms with E-state index in [2.05, 4.69) is 20.8 Å². The van der Waals surface area contributed by atoms with E-state index in [1.54, 1.807) is 13.3 Å². The molecule has 0 aromatic rings. The molecule has 0 amide bonds. The predicted molar refractivity (Wildman–Crippen MR) is 117 cm³/mol. The molecule has 1 fully saturated rings. The Labute approximate surface area is 167 Å². The van der Waals surface area contributed by atoms with E-state index in [4.69, 9.17) is 16.3 Å². The summed E-state index contributed by atoms with van der Waals surface area (Å²) < 4.78 is 12.0. The summed E-state index contributed by atoms with van der Waals surface area (Å²) in [5, 5.41) is 0. The number of halogens is 1. The molecule has 0 aromatic heterocycles. The Morgan fingerprint density at radius 1 is 0.680 bits per heavy atom. The fourth-order valence-electron chi connectivity index (χ4n) is 4.44. The summed E-state index contributed by atoms with van der Waals surface area (Å²) in [5.74, 6) is 0.833. The summed E-state index contributed by atoms with van der Waals surface area (Å²) >= 11 is 3.66. The fourth-order valence-corrected chi connectivity index (χ4v) is 22.3. The van der Waals surface area contributed by atoms with Gasteiger partial charge in [0.05, 0.1) is 0 Å². The second kappa shape index (κ2) is 15.0. The van der Waals surface area contributed by atoms with Gasteiger partial charge in [-0.25, -0.2) is 0 Å². The Morgan fingerprint density at radius 3 is 1.64 bits per heavy atom. The van der Waals surface area contributed by atoms with Crippen LogP contribution >= 0.6 is 11.6 Å². The van der Waals surface area contributed by atoms with Crippen LogP contribution in [-0.4, -0.2) is 34.5 Å². The summed E-state index contributed by atoms with van der Waals surface area (Å²) in [6, 6.07) is 0. The van der Waals surface area contributed by atoms with E-state index < -0.39 is 18.4 Å². The first kappa shape index (κ1) is 24.1. The maximum atomic E-state index is 6.39. The zero-order valence-electron chi connectivity index (χ0n) is 17.5. The minimum absolute atomic E-state index is 0.671. The van der Waals surface area contributed by atoms with Gasteiger partial charge in [0, 0.05) is 0 Å². The topological polar surface area (TPSA) is 12.5 Å². The fraction of sp³-hybridized carbons (Fsp3) is 1.00. The molecule has 25 heavy (non-hydrogen) atoms. The molecule has 1 heterocycles. The third-order valence-corrected chi connectivity index (χ3v) is 22.9.